The van der Waals surface area contributed by atoms with E-state index < -0.39 is 44.7 Å². The van der Waals surface area contributed by atoms with Crippen LogP contribution in [0.25, 0.3) is 0 Å². The first-order valence-corrected chi connectivity index (χ1v) is 20.7. The first-order valence-electron chi connectivity index (χ1n) is 7.23. The second-order valence-electron chi connectivity index (χ2n) is 6.05. The maximum Gasteiger partial charge on any atom is 0.370 e. The fraction of sp³-hybridized carbons (Fsp3) is 1.00. The molecule has 0 aromatic carbocycles. The molecule has 0 rings (SSSR count). The number of hydrogen-bond acceptors (Lipinski definition) is 4. The van der Waals surface area contributed by atoms with Crippen molar-refractivity contribution in [1.29, 1.82) is 0 Å². The van der Waals surface area contributed by atoms with Gasteiger partial charge in [0.2, 0.25) is 0 Å². The molecule has 9 heteroatoms. The lowest BCUT2D eigenvalue weighted by atomic mass is 11.5. The molecule has 0 aliphatic rings. The summed E-state index contributed by atoms with van der Waals surface area (Å²) in [6.07, 6.45) is 0. The van der Waals surface area contributed by atoms with E-state index in [0.717, 1.165) is 0 Å². The summed E-state index contributed by atoms with van der Waals surface area (Å²) in [5, 5.41) is 0. The van der Waals surface area contributed by atoms with Gasteiger partial charge in [-0.3, -0.25) is 0 Å². The van der Waals surface area contributed by atoms with E-state index in [1.165, 1.54) is 0 Å². The summed E-state index contributed by atoms with van der Waals surface area (Å²) in [4.78, 5) is 0. The lowest BCUT2D eigenvalue weighted by Crippen LogP contribution is -2.59. The molecule has 0 saturated carbocycles. The van der Waals surface area contributed by atoms with Gasteiger partial charge in [0.15, 0.2) is 42.1 Å². The van der Waals surface area contributed by atoms with Gasteiger partial charge in [0.05, 0.1) is 0 Å². The Balaban J connectivity index is 5.08. The highest BCUT2D eigenvalue weighted by atomic mass is 28.5. The van der Waals surface area contributed by atoms with Gasteiger partial charge in [-0.05, 0) is 58.9 Å². The molecule has 0 aromatic rings. The van der Waals surface area contributed by atoms with Gasteiger partial charge in [-0.1, -0.05) is 0 Å². The van der Waals surface area contributed by atoms with Crippen molar-refractivity contribution in [3.8, 4) is 0 Å². The summed E-state index contributed by atoms with van der Waals surface area (Å²) in [5.41, 5.74) is 0. The Bertz CT molecular complexity index is 230. The Labute approximate surface area is 127 Å². The zero-order chi connectivity index (χ0) is 15.2. The minimum atomic E-state index is -2.38. The fourth-order valence-electron chi connectivity index (χ4n) is 1.85. The summed E-state index contributed by atoms with van der Waals surface area (Å²) in [7, 11) is -7.07. The molecule has 0 N–H and O–H groups in total. The molecule has 0 saturated heterocycles. The van der Waals surface area contributed by atoms with Crippen molar-refractivity contribution in [2.45, 2.75) is 64.8 Å². The van der Waals surface area contributed by atoms with Crippen molar-refractivity contribution < 1.29 is 17.1 Å². The van der Waals surface area contributed by atoms with Crippen molar-refractivity contribution in [2.24, 2.45) is 0 Å². The SMILES string of the molecule is C[SiH](C)OC(O[SiH](C)C)[Si](C)(O[SiH](C)C)O[SiH](C)C. The quantitative estimate of drug-likeness (QED) is 0.467. The van der Waals surface area contributed by atoms with Crippen LogP contribution in [0.1, 0.15) is 0 Å². The van der Waals surface area contributed by atoms with Crippen LogP contribution in [0.2, 0.25) is 58.9 Å². The zero-order valence-electron chi connectivity index (χ0n) is 14.0. The standard InChI is InChI=1S/C10H32O4Si5/c1-15(2)11-10(12-16(3)4)19(9,13-17(5)6)14-18(7)8/h10,15-18H,1-9H3. The molecule has 0 aliphatic heterocycles. The van der Waals surface area contributed by atoms with E-state index in [1.807, 2.05) is 0 Å². The molecule has 0 heterocycles. The maximum absolute atomic E-state index is 6.30. The van der Waals surface area contributed by atoms with Crippen LogP contribution in [0.3, 0.4) is 0 Å². The van der Waals surface area contributed by atoms with Gasteiger partial charge >= 0.3 is 8.56 Å². The Hall–Kier alpha value is 0.924. The molecule has 116 valence electrons. The van der Waals surface area contributed by atoms with Gasteiger partial charge in [0, 0.05) is 0 Å². The monoisotopic (exact) mass is 356 g/mol. The average Bonchev–Trinajstić information content (AvgIpc) is 2.11. The lowest BCUT2D eigenvalue weighted by molar-refractivity contribution is 0.0368. The predicted molar refractivity (Wildman–Crippen MR) is 95.3 cm³/mol. The second kappa shape index (κ2) is 9.05. The summed E-state index contributed by atoms with van der Waals surface area (Å²) in [5.74, 6) is -0.226. The van der Waals surface area contributed by atoms with Gasteiger partial charge in [0.1, 0.15) is 0 Å². The number of hydrogen-bond donors (Lipinski definition) is 0. The van der Waals surface area contributed by atoms with Gasteiger partial charge in [0.25, 0.3) is 0 Å². The largest absolute Gasteiger partial charge is 0.437 e. The van der Waals surface area contributed by atoms with Crippen molar-refractivity contribution in [3.05, 3.63) is 0 Å². The molecule has 0 aliphatic carbocycles. The first-order chi connectivity index (χ1) is 8.56. The number of rotatable bonds is 9. The van der Waals surface area contributed by atoms with E-state index >= 15 is 0 Å². The van der Waals surface area contributed by atoms with Gasteiger partial charge in [-0.15, -0.1) is 0 Å². The van der Waals surface area contributed by atoms with Crippen molar-refractivity contribution in [2.75, 3.05) is 0 Å². The predicted octanol–water partition coefficient (Wildman–Crippen LogP) is 1.92. The van der Waals surface area contributed by atoms with E-state index in [0.29, 0.717) is 0 Å². The summed E-state index contributed by atoms with van der Waals surface area (Å²) < 4.78 is 24.9. The summed E-state index contributed by atoms with van der Waals surface area (Å²) >= 11 is 0. The van der Waals surface area contributed by atoms with E-state index in [-0.39, 0.29) is 5.91 Å². The third kappa shape index (κ3) is 8.73. The molecular weight excluding hydrogens is 325 g/mol. The molecule has 4 nitrogen and oxygen atoms in total. The summed E-state index contributed by atoms with van der Waals surface area (Å²) in [6, 6.07) is 0. The topological polar surface area (TPSA) is 36.9 Å². The second-order valence-corrected chi connectivity index (χ2v) is 19.4. The molecule has 0 unspecified atom stereocenters. The normalized spacial score (nSPS) is 13.6. The highest BCUT2D eigenvalue weighted by Crippen LogP contribution is 2.21. The highest BCUT2D eigenvalue weighted by molar-refractivity contribution is 6.80. The molecule has 0 aromatic heterocycles. The van der Waals surface area contributed by atoms with E-state index in [1.54, 1.807) is 0 Å². The van der Waals surface area contributed by atoms with Gasteiger partial charge < -0.3 is 17.1 Å². The van der Waals surface area contributed by atoms with Crippen molar-refractivity contribution >= 4 is 44.7 Å². The zero-order valence-corrected chi connectivity index (χ0v) is 19.6. The van der Waals surface area contributed by atoms with Crippen LogP contribution in [0.5, 0.6) is 0 Å². The smallest absolute Gasteiger partial charge is 0.370 e. The van der Waals surface area contributed by atoms with Gasteiger partial charge in [-0.25, -0.2) is 0 Å². The molecule has 0 amide bonds. The van der Waals surface area contributed by atoms with Crippen LogP contribution in [-0.2, 0) is 17.1 Å². The molecule has 0 radical (unpaired) electrons. The third-order valence-corrected chi connectivity index (χ3v) is 12.9. The molecule has 0 fully saturated rings. The van der Waals surface area contributed by atoms with Crippen molar-refractivity contribution in [3.63, 3.8) is 0 Å². The summed E-state index contributed by atoms with van der Waals surface area (Å²) in [6.45, 7) is 19.6. The van der Waals surface area contributed by atoms with E-state index in [2.05, 4.69) is 58.9 Å². The minimum Gasteiger partial charge on any atom is -0.437 e. The van der Waals surface area contributed by atoms with Crippen LogP contribution in [-0.4, -0.2) is 50.6 Å². The first kappa shape index (κ1) is 19.9. The Morgan fingerprint density at radius 1 is 0.632 bits per heavy atom. The average molecular weight is 357 g/mol. The fourth-order valence-corrected chi connectivity index (χ4v) is 15.8. The van der Waals surface area contributed by atoms with Crippen LogP contribution in [0.4, 0.5) is 0 Å². The minimum absolute atomic E-state index is 0.226. The molecule has 0 bridgehead atoms. The Kier molecular flexibility index (Phi) is 9.49. The molecular formula is C10H32O4Si5. The Morgan fingerprint density at radius 3 is 1.16 bits per heavy atom. The molecule has 0 spiro atoms. The van der Waals surface area contributed by atoms with E-state index in [4.69, 9.17) is 17.1 Å². The lowest BCUT2D eigenvalue weighted by Gasteiger charge is -2.39. The van der Waals surface area contributed by atoms with Crippen LogP contribution in [0, 0.1) is 0 Å². The molecule has 19 heavy (non-hydrogen) atoms. The Morgan fingerprint density at radius 2 is 0.947 bits per heavy atom. The van der Waals surface area contributed by atoms with Crippen molar-refractivity contribution in [1.82, 2.24) is 0 Å². The van der Waals surface area contributed by atoms with Crippen LogP contribution >= 0.6 is 0 Å². The maximum atomic E-state index is 6.30. The van der Waals surface area contributed by atoms with Crippen LogP contribution in [0.15, 0.2) is 0 Å². The van der Waals surface area contributed by atoms with Gasteiger partial charge in [-0.2, -0.15) is 0 Å². The third-order valence-electron chi connectivity index (χ3n) is 2.16. The molecule has 0 atom stereocenters. The van der Waals surface area contributed by atoms with Crippen LogP contribution < -0.4 is 0 Å². The van der Waals surface area contributed by atoms with E-state index in [9.17, 15) is 0 Å². The highest BCUT2D eigenvalue weighted by Gasteiger charge is 2.45.